The minimum Gasteiger partial charge on any atom is -0.354 e. The van der Waals surface area contributed by atoms with Crippen LogP contribution < -0.4 is 5.32 Å². The molecule has 17 heavy (non-hydrogen) atoms. The van der Waals surface area contributed by atoms with Gasteiger partial charge in [0.25, 0.3) is 0 Å². The van der Waals surface area contributed by atoms with Crippen LogP contribution in [0.4, 0.5) is 0 Å². The van der Waals surface area contributed by atoms with Crippen LogP contribution in [0, 0.1) is 0 Å². The maximum absolute atomic E-state index is 11.6. The van der Waals surface area contributed by atoms with Crippen molar-refractivity contribution in [2.45, 2.75) is 39.2 Å². The van der Waals surface area contributed by atoms with E-state index < -0.39 is 0 Å². The molecule has 1 atom stereocenters. The van der Waals surface area contributed by atoms with Crippen molar-refractivity contribution in [1.29, 1.82) is 0 Å². The van der Waals surface area contributed by atoms with E-state index in [0.717, 1.165) is 12.0 Å². The summed E-state index contributed by atoms with van der Waals surface area (Å²) in [5.41, 5.74) is 0.843. The first-order chi connectivity index (χ1) is 8.04. The predicted octanol–water partition coefficient (Wildman–Crippen LogP) is 3.84. The molecule has 0 unspecified atom stereocenters. The molecule has 4 heteroatoms. The number of carbonyl (C=O) groups is 1. The second-order valence-electron chi connectivity index (χ2n) is 4.08. The van der Waals surface area contributed by atoms with Crippen molar-refractivity contribution in [2.75, 3.05) is 0 Å². The number of halogens is 2. The highest BCUT2D eigenvalue weighted by molar-refractivity contribution is 6.36. The van der Waals surface area contributed by atoms with Crippen LogP contribution in [0.2, 0.25) is 10.0 Å². The van der Waals surface area contributed by atoms with Crippen LogP contribution in [0.1, 0.15) is 32.3 Å². The summed E-state index contributed by atoms with van der Waals surface area (Å²) in [5.74, 6) is 0.0373. The lowest BCUT2D eigenvalue weighted by Crippen LogP contribution is -2.32. The number of rotatable bonds is 5. The number of hydrogen-bond donors (Lipinski definition) is 1. The fourth-order valence-electron chi connectivity index (χ4n) is 1.46. The molecule has 0 saturated heterocycles. The lowest BCUT2D eigenvalue weighted by molar-refractivity contribution is -0.121. The molecule has 0 spiro atoms. The molecule has 0 aliphatic heterocycles. The molecule has 0 bridgehead atoms. The Hall–Kier alpha value is -0.730. The van der Waals surface area contributed by atoms with Gasteiger partial charge in [-0.05, 0) is 37.5 Å². The first-order valence-electron chi connectivity index (χ1n) is 5.76. The third kappa shape index (κ3) is 4.57. The Balaban J connectivity index is 2.53. The monoisotopic (exact) mass is 273 g/mol. The number of nitrogens with one attached hydrogen (secondary N) is 1. The van der Waals surface area contributed by atoms with E-state index in [2.05, 4.69) is 5.32 Å². The highest BCUT2D eigenvalue weighted by atomic mass is 35.5. The van der Waals surface area contributed by atoms with Gasteiger partial charge >= 0.3 is 0 Å². The van der Waals surface area contributed by atoms with Crippen molar-refractivity contribution in [3.63, 3.8) is 0 Å². The maximum atomic E-state index is 11.6. The van der Waals surface area contributed by atoms with Gasteiger partial charge in [0, 0.05) is 22.5 Å². The van der Waals surface area contributed by atoms with E-state index >= 15 is 0 Å². The molecule has 1 aromatic rings. The van der Waals surface area contributed by atoms with Gasteiger partial charge in [-0.3, -0.25) is 4.79 Å². The molecule has 2 nitrogen and oxygen atoms in total. The molecule has 1 rings (SSSR count). The summed E-state index contributed by atoms with van der Waals surface area (Å²) < 4.78 is 0. The van der Waals surface area contributed by atoms with Gasteiger partial charge in [-0.2, -0.15) is 0 Å². The van der Waals surface area contributed by atoms with Crippen molar-refractivity contribution >= 4 is 29.1 Å². The molecule has 0 radical (unpaired) electrons. The smallest absolute Gasteiger partial charge is 0.220 e. The molecule has 0 fully saturated rings. The topological polar surface area (TPSA) is 29.1 Å². The lowest BCUT2D eigenvalue weighted by atomic mass is 10.1. The van der Waals surface area contributed by atoms with E-state index in [1.807, 2.05) is 13.8 Å². The molecule has 1 aromatic carbocycles. The van der Waals surface area contributed by atoms with Crippen molar-refractivity contribution in [1.82, 2.24) is 5.32 Å². The summed E-state index contributed by atoms with van der Waals surface area (Å²) in [6.07, 6.45) is 1.91. The quantitative estimate of drug-likeness (QED) is 0.868. The highest BCUT2D eigenvalue weighted by Crippen LogP contribution is 2.25. The van der Waals surface area contributed by atoms with E-state index in [-0.39, 0.29) is 11.9 Å². The molecule has 1 amide bonds. The summed E-state index contributed by atoms with van der Waals surface area (Å²) in [7, 11) is 0. The van der Waals surface area contributed by atoms with E-state index in [1.165, 1.54) is 0 Å². The molecular formula is C13H17Cl2NO. The van der Waals surface area contributed by atoms with Gasteiger partial charge in [0.1, 0.15) is 0 Å². The molecule has 0 aliphatic rings. The summed E-state index contributed by atoms with van der Waals surface area (Å²) in [5, 5.41) is 4.15. The Morgan fingerprint density at radius 3 is 2.47 bits per heavy atom. The largest absolute Gasteiger partial charge is 0.354 e. The normalized spacial score (nSPS) is 12.2. The lowest BCUT2D eigenvalue weighted by Gasteiger charge is -2.12. The average Bonchev–Trinajstić information content (AvgIpc) is 2.28. The van der Waals surface area contributed by atoms with Gasteiger partial charge in [0.2, 0.25) is 5.91 Å². The molecule has 0 aromatic heterocycles. The summed E-state index contributed by atoms with van der Waals surface area (Å²) >= 11 is 12.1. The molecule has 0 saturated carbocycles. The molecule has 0 aliphatic carbocycles. The fourth-order valence-corrected chi connectivity index (χ4v) is 2.05. The van der Waals surface area contributed by atoms with E-state index in [4.69, 9.17) is 23.2 Å². The first-order valence-corrected chi connectivity index (χ1v) is 6.52. The van der Waals surface area contributed by atoms with Crippen molar-refractivity contribution in [3.05, 3.63) is 33.8 Å². The van der Waals surface area contributed by atoms with Gasteiger partial charge in [0.15, 0.2) is 0 Å². The summed E-state index contributed by atoms with van der Waals surface area (Å²) in [6, 6.07) is 5.59. The van der Waals surface area contributed by atoms with Gasteiger partial charge in [0.05, 0.1) is 0 Å². The van der Waals surface area contributed by atoms with Crippen LogP contribution in [-0.2, 0) is 11.2 Å². The van der Waals surface area contributed by atoms with Crippen LogP contribution >= 0.6 is 23.2 Å². The standard InChI is InChI=1S/C13H17Cl2NO/c1-3-9(2)16-13(17)8-7-10-11(14)5-4-6-12(10)15/h4-6,9H,3,7-8H2,1-2H3,(H,16,17)/t9-/m1/s1. The first kappa shape index (κ1) is 14.3. The Morgan fingerprint density at radius 2 is 1.94 bits per heavy atom. The van der Waals surface area contributed by atoms with Crippen LogP contribution in [-0.4, -0.2) is 11.9 Å². The second kappa shape index (κ2) is 6.87. The number of hydrogen-bond acceptors (Lipinski definition) is 1. The maximum Gasteiger partial charge on any atom is 0.220 e. The van der Waals surface area contributed by atoms with Crippen LogP contribution in [0.3, 0.4) is 0 Å². The van der Waals surface area contributed by atoms with Crippen molar-refractivity contribution in [3.8, 4) is 0 Å². The second-order valence-corrected chi connectivity index (χ2v) is 4.89. The van der Waals surface area contributed by atoms with Crippen LogP contribution in [0.5, 0.6) is 0 Å². The van der Waals surface area contributed by atoms with E-state index in [9.17, 15) is 4.79 Å². The molecule has 94 valence electrons. The zero-order valence-corrected chi connectivity index (χ0v) is 11.6. The Labute approximate surface area is 112 Å². The zero-order chi connectivity index (χ0) is 12.8. The van der Waals surface area contributed by atoms with E-state index in [0.29, 0.717) is 22.9 Å². The van der Waals surface area contributed by atoms with Gasteiger partial charge < -0.3 is 5.32 Å². The Bertz CT molecular complexity index is 373. The number of carbonyl (C=O) groups excluding carboxylic acids is 1. The van der Waals surface area contributed by atoms with Gasteiger partial charge in [-0.1, -0.05) is 36.2 Å². The minimum atomic E-state index is 0.0373. The summed E-state index contributed by atoms with van der Waals surface area (Å²) in [6.45, 7) is 4.02. The van der Waals surface area contributed by atoms with Crippen LogP contribution in [0.15, 0.2) is 18.2 Å². The van der Waals surface area contributed by atoms with Crippen LogP contribution in [0.25, 0.3) is 0 Å². The predicted molar refractivity (Wildman–Crippen MR) is 72.7 cm³/mol. The number of benzene rings is 1. The number of amides is 1. The van der Waals surface area contributed by atoms with Gasteiger partial charge in [-0.25, -0.2) is 0 Å². The SMILES string of the molecule is CC[C@@H](C)NC(=O)CCc1c(Cl)cccc1Cl. The molecule has 1 N–H and O–H groups in total. The van der Waals surface area contributed by atoms with Gasteiger partial charge in [-0.15, -0.1) is 0 Å². The van der Waals surface area contributed by atoms with Crippen molar-refractivity contribution in [2.24, 2.45) is 0 Å². The summed E-state index contributed by atoms with van der Waals surface area (Å²) in [4.78, 5) is 11.6. The average molecular weight is 274 g/mol. The fraction of sp³-hybridized carbons (Fsp3) is 0.462. The third-order valence-electron chi connectivity index (χ3n) is 2.68. The minimum absolute atomic E-state index is 0.0373. The third-order valence-corrected chi connectivity index (χ3v) is 3.39. The highest BCUT2D eigenvalue weighted by Gasteiger charge is 2.09. The van der Waals surface area contributed by atoms with E-state index in [1.54, 1.807) is 18.2 Å². The molecular weight excluding hydrogens is 257 g/mol. The Kier molecular flexibility index (Phi) is 5.79. The Morgan fingerprint density at radius 1 is 1.35 bits per heavy atom. The van der Waals surface area contributed by atoms with Crippen molar-refractivity contribution < 1.29 is 4.79 Å². The molecule has 0 heterocycles. The zero-order valence-electron chi connectivity index (χ0n) is 10.1.